The first kappa shape index (κ1) is 14.5. The first-order valence-corrected chi connectivity index (χ1v) is 6.95. The summed E-state index contributed by atoms with van der Waals surface area (Å²) in [6, 6.07) is 5.85. The molecule has 0 radical (unpaired) electrons. The number of aromatic nitrogens is 2. The van der Waals surface area contributed by atoms with E-state index in [2.05, 4.69) is 20.0 Å². The largest absolute Gasteiger partial charge is 0.353 e. The number of imidazole rings is 1. The van der Waals surface area contributed by atoms with Gasteiger partial charge in [0.2, 0.25) is 5.91 Å². The summed E-state index contributed by atoms with van der Waals surface area (Å²) in [4.78, 5) is 16.4. The number of aryl methyl sites for hydroxylation is 1. The highest BCUT2D eigenvalue weighted by molar-refractivity contribution is 5.81. The third kappa shape index (κ3) is 3.17. The molecule has 2 aromatic rings. The Morgan fingerprint density at radius 2 is 2.10 bits per heavy atom. The second kappa shape index (κ2) is 6.05. The van der Waals surface area contributed by atoms with Crippen LogP contribution in [0.1, 0.15) is 32.2 Å². The number of rotatable bonds is 5. The molecular formula is C15H22N4O. The molecule has 0 aliphatic rings. The zero-order valence-electron chi connectivity index (χ0n) is 12.5. The molecule has 20 heavy (non-hydrogen) atoms. The first-order valence-electron chi connectivity index (χ1n) is 6.95. The lowest BCUT2D eigenvalue weighted by molar-refractivity contribution is -0.123. The Labute approximate surface area is 119 Å². The van der Waals surface area contributed by atoms with Crippen molar-refractivity contribution in [1.29, 1.82) is 0 Å². The van der Waals surface area contributed by atoms with E-state index >= 15 is 0 Å². The Bertz CT molecular complexity index is 603. The van der Waals surface area contributed by atoms with E-state index < -0.39 is 0 Å². The van der Waals surface area contributed by atoms with Crippen molar-refractivity contribution in [2.24, 2.45) is 0 Å². The Kier molecular flexibility index (Phi) is 4.39. The van der Waals surface area contributed by atoms with Gasteiger partial charge in [-0.15, -0.1) is 0 Å². The average Bonchev–Trinajstić information content (AvgIpc) is 2.70. The lowest BCUT2D eigenvalue weighted by atomic mass is 10.2. The Morgan fingerprint density at radius 3 is 2.80 bits per heavy atom. The molecule has 1 atom stereocenters. The van der Waals surface area contributed by atoms with Crippen LogP contribution in [0.4, 0.5) is 0 Å². The number of hydrogen-bond donors (Lipinski definition) is 2. The van der Waals surface area contributed by atoms with Gasteiger partial charge in [-0.1, -0.05) is 6.07 Å². The molecule has 5 nitrogen and oxygen atoms in total. The van der Waals surface area contributed by atoms with Crippen LogP contribution in [0.15, 0.2) is 24.4 Å². The van der Waals surface area contributed by atoms with Gasteiger partial charge < -0.3 is 15.0 Å². The van der Waals surface area contributed by atoms with Gasteiger partial charge in [0.15, 0.2) is 0 Å². The predicted molar refractivity (Wildman–Crippen MR) is 79.5 cm³/mol. The summed E-state index contributed by atoms with van der Waals surface area (Å²) in [6.45, 7) is 8.39. The molecule has 0 aromatic carbocycles. The maximum Gasteiger partial charge on any atom is 0.237 e. The van der Waals surface area contributed by atoms with Crippen molar-refractivity contribution in [3.8, 4) is 0 Å². The van der Waals surface area contributed by atoms with E-state index in [1.165, 1.54) is 0 Å². The van der Waals surface area contributed by atoms with Gasteiger partial charge >= 0.3 is 0 Å². The number of amides is 1. The van der Waals surface area contributed by atoms with Crippen LogP contribution in [-0.4, -0.2) is 27.4 Å². The van der Waals surface area contributed by atoms with Crippen molar-refractivity contribution < 1.29 is 4.79 Å². The van der Waals surface area contributed by atoms with E-state index in [9.17, 15) is 4.79 Å². The molecule has 0 saturated carbocycles. The van der Waals surface area contributed by atoms with Crippen LogP contribution in [0.2, 0.25) is 0 Å². The summed E-state index contributed by atoms with van der Waals surface area (Å²) in [5.41, 5.74) is 3.01. The number of carbonyl (C=O) groups excluding carboxylic acids is 1. The number of fused-ring (bicyclic) bond motifs is 1. The molecule has 0 bridgehead atoms. The van der Waals surface area contributed by atoms with Crippen LogP contribution in [-0.2, 0) is 11.3 Å². The van der Waals surface area contributed by atoms with Crippen molar-refractivity contribution >= 4 is 11.6 Å². The van der Waals surface area contributed by atoms with E-state index in [4.69, 9.17) is 0 Å². The number of nitrogens with zero attached hydrogens (tertiary/aromatic N) is 2. The fraction of sp³-hybridized carbons (Fsp3) is 0.467. The van der Waals surface area contributed by atoms with E-state index in [0.29, 0.717) is 6.54 Å². The fourth-order valence-corrected chi connectivity index (χ4v) is 2.13. The maximum atomic E-state index is 11.9. The molecule has 2 heterocycles. The maximum absolute atomic E-state index is 11.9. The number of carbonyl (C=O) groups is 1. The van der Waals surface area contributed by atoms with Gasteiger partial charge in [0, 0.05) is 18.8 Å². The predicted octanol–water partition coefficient (Wildman–Crippen LogP) is 1.65. The van der Waals surface area contributed by atoms with Crippen molar-refractivity contribution in [2.45, 2.75) is 46.3 Å². The molecule has 2 rings (SSSR count). The summed E-state index contributed by atoms with van der Waals surface area (Å²) in [5, 5.41) is 6.15. The van der Waals surface area contributed by atoms with Crippen molar-refractivity contribution in [3.05, 3.63) is 35.8 Å². The van der Waals surface area contributed by atoms with Gasteiger partial charge in [0.1, 0.15) is 5.65 Å². The molecular weight excluding hydrogens is 252 g/mol. The standard InChI is InChI=1S/C15H22N4O/c1-10(2)17-15(20)12(4)16-9-13-11(3)18-14-7-5-6-8-19(13)14/h5-8,10,12,16H,9H2,1-4H3,(H,17,20). The van der Waals surface area contributed by atoms with Crippen LogP contribution in [0.3, 0.4) is 0 Å². The molecule has 2 aromatic heterocycles. The van der Waals surface area contributed by atoms with Crippen LogP contribution >= 0.6 is 0 Å². The van der Waals surface area contributed by atoms with Crippen LogP contribution in [0, 0.1) is 6.92 Å². The minimum Gasteiger partial charge on any atom is -0.353 e. The number of hydrogen-bond acceptors (Lipinski definition) is 3. The molecule has 2 N–H and O–H groups in total. The van der Waals surface area contributed by atoms with Crippen molar-refractivity contribution in [1.82, 2.24) is 20.0 Å². The van der Waals surface area contributed by atoms with Gasteiger partial charge in [0.25, 0.3) is 0 Å². The number of nitrogens with one attached hydrogen (secondary N) is 2. The van der Waals surface area contributed by atoms with Gasteiger partial charge in [-0.3, -0.25) is 4.79 Å². The lowest BCUT2D eigenvalue weighted by Gasteiger charge is -2.16. The second-order valence-electron chi connectivity index (χ2n) is 5.34. The third-order valence-electron chi connectivity index (χ3n) is 3.23. The Balaban J connectivity index is 2.06. The quantitative estimate of drug-likeness (QED) is 0.871. The van der Waals surface area contributed by atoms with Gasteiger partial charge in [-0.05, 0) is 39.8 Å². The average molecular weight is 274 g/mol. The van der Waals surface area contributed by atoms with Crippen LogP contribution in [0.25, 0.3) is 5.65 Å². The molecule has 1 amide bonds. The molecule has 0 aliphatic heterocycles. The molecule has 108 valence electrons. The van der Waals surface area contributed by atoms with E-state index in [-0.39, 0.29) is 18.0 Å². The molecule has 0 spiro atoms. The van der Waals surface area contributed by atoms with Gasteiger partial charge in [0.05, 0.1) is 17.4 Å². The van der Waals surface area contributed by atoms with Crippen LogP contribution in [0.5, 0.6) is 0 Å². The first-order chi connectivity index (χ1) is 9.49. The topological polar surface area (TPSA) is 58.4 Å². The van der Waals surface area contributed by atoms with Gasteiger partial charge in [-0.25, -0.2) is 4.98 Å². The molecule has 0 aliphatic carbocycles. The van der Waals surface area contributed by atoms with E-state index in [0.717, 1.165) is 17.0 Å². The van der Waals surface area contributed by atoms with E-state index in [1.807, 2.05) is 52.1 Å². The Hall–Kier alpha value is -1.88. The SMILES string of the molecule is Cc1nc2ccccn2c1CNC(C)C(=O)NC(C)C. The zero-order valence-corrected chi connectivity index (χ0v) is 12.5. The normalized spacial score (nSPS) is 12.8. The molecule has 0 saturated heterocycles. The van der Waals surface area contributed by atoms with Crippen LogP contribution < -0.4 is 10.6 Å². The fourth-order valence-electron chi connectivity index (χ4n) is 2.13. The molecule has 1 unspecified atom stereocenters. The Morgan fingerprint density at radius 1 is 1.35 bits per heavy atom. The van der Waals surface area contributed by atoms with Crippen molar-refractivity contribution in [2.75, 3.05) is 0 Å². The summed E-state index contributed by atoms with van der Waals surface area (Å²) in [7, 11) is 0. The van der Waals surface area contributed by atoms with Gasteiger partial charge in [-0.2, -0.15) is 0 Å². The molecule has 5 heteroatoms. The smallest absolute Gasteiger partial charge is 0.237 e. The lowest BCUT2D eigenvalue weighted by Crippen LogP contribution is -2.44. The third-order valence-corrected chi connectivity index (χ3v) is 3.23. The highest BCUT2D eigenvalue weighted by atomic mass is 16.2. The summed E-state index contributed by atoms with van der Waals surface area (Å²) >= 11 is 0. The number of pyridine rings is 1. The summed E-state index contributed by atoms with van der Waals surface area (Å²) < 4.78 is 2.05. The van der Waals surface area contributed by atoms with Crippen molar-refractivity contribution in [3.63, 3.8) is 0 Å². The zero-order chi connectivity index (χ0) is 14.7. The highest BCUT2D eigenvalue weighted by Crippen LogP contribution is 2.11. The van der Waals surface area contributed by atoms with E-state index in [1.54, 1.807) is 0 Å². The summed E-state index contributed by atoms with van der Waals surface area (Å²) in [6.07, 6.45) is 1.99. The monoisotopic (exact) mass is 274 g/mol. The minimum atomic E-state index is -0.230. The highest BCUT2D eigenvalue weighted by Gasteiger charge is 2.15. The minimum absolute atomic E-state index is 0.0199. The summed E-state index contributed by atoms with van der Waals surface area (Å²) in [5.74, 6) is 0.0199. The second-order valence-corrected chi connectivity index (χ2v) is 5.34. The molecule has 0 fully saturated rings.